The number of aryl methyl sites for hydroxylation is 1. The molecule has 0 unspecified atom stereocenters. The van der Waals surface area contributed by atoms with Crippen LogP contribution < -0.4 is 11.1 Å². The SMILES string of the molecule is Cc1nn(CC(=O)NCC(C)(C)CN(C)C)c(C)c1N. The van der Waals surface area contributed by atoms with Gasteiger partial charge in [-0.3, -0.25) is 9.48 Å². The van der Waals surface area contributed by atoms with Gasteiger partial charge in [-0.1, -0.05) is 13.8 Å². The van der Waals surface area contributed by atoms with Gasteiger partial charge in [0.15, 0.2) is 0 Å². The Balaban J connectivity index is 2.54. The second-order valence-electron chi connectivity index (χ2n) is 6.42. The first-order chi connectivity index (χ1) is 9.12. The van der Waals surface area contributed by atoms with Crippen molar-refractivity contribution in [3.8, 4) is 0 Å². The average Bonchev–Trinajstić information content (AvgIpc) is 2.53. The number of hydrogen-bond donors (Lipinski definition) is 2. The van der Waals surface area contributed by atoms with E-state index in [1.807, 2.05) is 27.9 Å². The van der Waals surface area contributed by atoms with E-state index in [2.05, 4.69) is 29.2 Å². The number of nitrogens with two attached hydrogens (primary N) is 1. The van der Waals surface area contributed by atoms with Crippen molar-refractivity contribution in [3.63, 3.8) is 0 Å². The van der Waals surface area contributed by atoms with Crippen LogP contribution in [0.25, 0.3) is 0 Å². The summed E-state index contributed by atoms with van der Waals surface area (Å²) in [6.45, 7) is 9.75. The highest BCUT2D eigenvalue weighted by molar-refractivity contribution is 5.76. The summed E-state index contributed by atoms with van der Waals surface area (Å²) in [6, 6.07) is 0. The van der Waals surface area contributed by atoms with Crippen LogP contribution in [0, 0.1) is 19.3 Å². The summed E-state index contributed by atoms with van der Waals surface area (Å²) in [5.41, 5.74) is 8.15. The van der Waals surface area contributed by atoms with E-state index in [0.29, 0.717) is 12.2 Å². The van der Waals surface area contributed by atoms with E-state index in [1.165, 1.54) is 0 Å². The van der Waals surface area contributed by atoms with Gasteiger partial charge in [-0.15, -0.1) is 0 Å². The van der Waals surface area contributed by atoms with Crippen LogP contribution in [-0.2, 0) is 11.3 Å². The van der Waals surface area contributed by atoms with E-state index in [9.17, 15) is 4.79 Å². The first-order valence-corrected chi connectivity index (χ1v) is 6.83. The van der Waals surface area contributed by atoms with Gasteiger partial charge in [0, 0.05) is 13.1 Å². The quantitative estimate of drug-likeness (QED) is 0.808. The predicted octanol–water partition coefficient (Wildman–Crippen LogP) is 0.786. The number of nitrogen functional groups attached to an aromatic ring is 1. The molecule has 3 N–H and O–H groups in total. The fourth-order valence-corrected chi connectivity index (χ4v) is 2.31. The molecule has 0 radical (unpaired) electrons. The molecular weight excluding hydrogens is 254 g/mol. The monoisotopic (exact) mass is 281 g/mol. The molecule has 1 aromatic heterocycles. The Morgan fingerprint density at radius 1 is 1.40 bits per heavy atom. The van der Waals surface area contributed by atoms with E-state index in [1.54, 1.807) is 4.68 Å². The highest BCUT2D eigenvalue weighted by Crippen LogP contribution is 2.15. The molecule has 0 aliphatic rings. The van der Waals surface area contributed by atoms with Crippen LogP contribution in [0.3, 0.4) is 0 Å². The van der Waals surface area contributed by atoms with E-state index >= 15 is 0 Å². The minimum absolute atomic E-state index is 0.0350. The van der Waals surface area contributed by atoms with Crippen molar-refractivity contribution in [3.05, 3.63) is 11.4 Å². The standard InChI is InChI=1S/C14H27N5O/c1-10-13(15)11(2)19(17-10)7-12(20)16-8-14(3,4)9-18(5)6/h7-9,15H2,1-6H3,(H,16,20). The molecule has 0 aliphatic heterocycles. The smallest absolute Gasteiger partial charge is 0.241 e. The van der Waals surface area contributed by atoms with Crippen LogP contribution >= 0.6 is 0 Å². The van der Waals surface area contributed by atoms with Crippen molar-refractivity contribution in [1.82, 2.24) is 20.0 Å². The minimum Gasteiger partial charge on any atom is -0.396 e. The maximum atomic E-state index is 12.0. The Labute approximate surface area is 121 Å². The summed E-state index contributed by atoms with van der Waals surface area (Å²) < 4.78 is 1.65. The summed E-state index contributed by atoms with van der Waals surface area (Å²) >= 11 is 0. The van der Waals surface area contributed by atoms with Gasteiger partial charge >= 0.3 is 0 Å². The third kappa shape index (κ3) is 4.52. The Morgan fingerprint density at radius 3 is 2.45 bits per heavy atom. The molecule has 0 aliphatic carbocycles. The number of carbonyl (C=O) groups excluding carboxylic acids is 1. The zero-order valence-electron chi connectivity index (χ0n) is 13.4. The van der Waals surface area contributed by atoms with Gasteiger partial charge in [0.1, 0.15) is 6.54 Å². The van der Waals surface area contributed by atoms with Crippen molar-refractivity contribution >= 4 is 11.6 Å². The van der Waals surface area contributed by atoms with Crippen molar-refractivity contribution in [2.75, 3.05) is 32.9 Å². The van der Waals surface area contributed by atoms with Gasteiger partial charge in [0.05, 0.1) is 17.1 Å². The molecule has 0 saturated heterocycles. The number of rotatable bonds is 6. The van der Waals surface area contributed by atoms with Gasteiger partial charge < -0.3 is 16.0 Å². The van der Waals surface area contributed by atoms with Gasteiger partial charge in [-0.2, -0.15) is 5.10 Å². The van der Waals surface area contributed by atoms with Crippen molar-refractivity contribution in [2.45, 2.75) is 34.2 Å². The first kappa shape index (κ1) is 16.5. The van der Waals surface area contributed by atoms with Crippen molar-refractivity contribution in [2.24, 2.45) is 5.41 Å². The topological polar surface area (TPSA) is 76.2 Å². The van der Waals surface area contributed by atoms with Crippen molar-refractivity contribution < 1.29 is 4.79 Å². The fourth-order valence-electron chi connectivity index (χ4n) is 2.31. The minimum atomic E-state index is -0.0394. The second-order valence-corrected chi connectivity index (χ2v) is 6.42. The van der Waals surface area contributed by atoms with Gasteiger partial charge in [-0.25, -0.2) is 0 Å². The van der Waals surface area contributed by atoms with Crippen LogP contribution in [0.15, 0.2) is 0 Å². The lowest BCUT2D eigenvalue weighted by Gasteiger charge is -2.28. The Morgan fingerprint density at radius 2 is 2.00 bits per heavy atom. The molecule has 6 nitrogen and oxygen atoms in total. The third-order valence-corrected chi connectivity index (χ3v) is 3.24. The lowest BCUT2D eigenvalue weighted by Crippen LogP contribution is -2.41. The molecule has 0 atom stereocenters. The number of aromatic nitrogens is 2. The Bertz CT molecular complexity index is 476. The van der Waals surface area contributed by atoms with E-state index in [-0.39, 0.29) is 17.9 Å². The second kappa shape index (κ2) is 6.26. The normalized spacial score (nSPS) is 11.9. The highest BCUT2D eigenvalue weighted by Gasteiger charge is 2.20. The first-order valence-electron chi connectivity index (χ1n) is 6.83. The maximum absolute atomic E-state index is 12.0. The fraction of sp³-hybridized carbons (Fsp3) is 0.714. The zero-order chi connectivity index (χ0) is 15.5. The molecular formula is C14H27N5O. The van der Waals surface area contributed by atoms with E-state index < -0.39 is 0 Å². The predicted molar refractivity (Wildman–Crippen MR) is 81.5 cm³/mol. The van der Waals surface area contributed by atoms with Crippen LogP contribution in [0.2, 0.25) is 0 Å². The lowest BCUT2D eigenvalue weighted by atomic mass is 9.93. The molecule has 6 heteroatoms. The molecule has 114 valence electrons. The van der Waals surface area contributed by atoms with Crippen LogP contribution in [-0.4, -0.2) is 47.8 Å². The maximum Gasteiger partial charge on any atom is 0.241 e. The molecule has 0 spiro atoms. The number of nitrogens with zero attached hydrogens (tertiary/aromatic N) is 3. The van der Waals surface area contributed by atoms with Gasteiger partial charge in [-0.05, 0) is 33.4 Å². The summed E-state index contributed by atoms with van der Waals surface area (Å²) in [5, 5.41) is 7.23. The van der Waals surface area contributed by atoms with E-state index in [4.69, 9.17) is 5.73 Å². The lowest BCUT2D eigenvalue weighted by molar-refractivity contribution is -0.122. The molecule has 0 aromatic carbocycles. The summed E-state index contributed by atoms with van der Waals surface area (Å²) in [5.74, 6) is -0.0394. The van der Waals surface area contributed by atoms with Crippen LogP contribution in [0.4, 0.5) is 5.69 Å². The van der Waals surface area contributed by atoms with Gasteiger partial charge in [0.2, 0.25) is 5.91 Å². The molecule has 20 heavy (non-hydrogen) atoms. The summed E-state index contributed by atoms with van der Waals surface area (Å²) in [4.78, 5) is 14.1. The molecule has 1 rings (SSSR count). The largest absolute Gasteiger partial charge is 0.396 e. The Kier molecular flexibility index (Phi) is 5.16. The third-order valence-electron chi connectivity index (χ3n) is 3.24. The molecule has 1 heterocycles. The molecule has 0 bridgehead atoms. The molecule has 0 fully saturated rings. The number of nitrogens with one attached hydrogen (secondary N) is 1. The number of amides is 1. The summed E-state index contributed by atoms with van der Waals surface area (Å²) in [7, 11) is 4.06. The van der Waals surface area contributed by atoms with Crippen molar-refractivity contribution in [1.29, 1.82) is 0 Å². The molecule has 1 aromatic rings. The zero-order valence-corrected chi connectivity index (χ0v) is 13.4. The molecule has 1 amide bonds. The Hall–Kier alpha value is -1.56. The van der Waals surface area contributed by atoms with Crippen LogP contribution in [0.1, 0.15) is 25.2 Å². The van der Waals surface area contributed by atoms with Gasteiger partial charge in [0.25, 0.3) is 0 Å². The highest BCUT2D eigenvalue weighted by atomic mass is 16.2. The number of carbonyl (C=O) groups is 1. The molecule has 0 saturated carbocycles. The summed E-state index contributed by atoms with van der Waals surface area (Å²) in [6.07, 6.45) is 0. The number of anilines is 1. The van der Waals surface area contributed by atoms with Crippen LogP contribution in [0.5, 0.6) is 0 Å². The average molecular weight is 281 g/mol. The van der Waals surface area contributed by atoms with E-state index in [0.717, 1.165) is 17.9 Å². The number of hydrogen-bond acceptors (Lipinski definition) is 4.